The van der Waals surface area contributed by atoms with Gasteiger partial charge in [0.2, 0.25) is 5.03 Å². The predicted octanol–water partition coefficient (Wildman–Crippen LogP) is 2.52. The van der Waals surface area contributed by atoms with Gasteiger partial charge in [-0.3, -0.25) is 9.78 Å². The molecular formula is C26H26FN7O3S. The molecule has 1 saturated heterocycles. The summed E-state index contributed by atoms with van der Waals surface area (Å²) >= 11 is 0. The molecule has 2 aliphatic rings. The van der Waals surface area contributed by atoms with E-state index in [0.717, 1.165) is 22.5 Å². The highest BCUT2D eigenvalue weighted by Crippen LogP contribution is 2.48. The first-order valence-corrected chi connectivity index (χ1v) is 13.8. The van der Waals surface area contributed by atoms with Crippen molar-refractivity contribution in [2.24, 2.45) is 18.4 Å². The van der Waals surface area contributed by atoms with Crippen molar-refractivity contribution in [3.63, 3.8) is 0 Å². The molecule has 0 N–H and O–H groups in total. The molecule has 12 heteroatoms. The van der Waals surface area contributed by atoms with Gasteiger partial charge in [-0.2, -0.15) is 19.3 Å². The lowest BCUT2D eigenvalue weighted by atomic mass is 9.60. The van der Waals surface area contributed by atoms with E-state index in [0.29, 0.717) is 25.0 Å². The van der Waals surface area contributed by atoms with Crippen molar-refractivity contribution in [3.05, 3.63) is 83.3 Å². The minimum atomic E-state index is -3.96. The zero-order chi connectivity index (χ0) is 26.7. The first kappa shape index (κ1) is 24.6. The molecule has 1 fully saturated rings. The zero-order valence-corrected chi connectivity index (χ0v) is 21.8. The number of rotatable bonds is 5. The Balaban J connectivity index is 1.43. The fourth-order valence-corrected chi connectivity index (χ4v) is 7.20. The van der Waals surface area contributed by atoms with Gasteiger partial charge in [0.05, 0.1) is 23.5 Å². The number of piperidine rings is 1. The number of aromatic nitrogens is 6. The van der Waals surface area contributed by atoms with Gasteiger partial charge in [-0.15, -0.1) is 5.10 Å². The highest BCUT2D eigenvalue weighted by Gasteiger charge is 2.55. The molecule has 0 radical (unpaired) electrons. The molecule has 0 amide bonds. The summed E-state index contributed by atoms with van der Waals surface area (Å²) in [7, 11) is -2.41. The third kappa shape index (κ3) is 3.95. The van der Waals surface area contributed by atoms with Crippen LogP contribution in [0.2, 0.25) is 0 Å². The van der Waals surface area contributed by atoms with Crippen LogP contribution in [0.5, 0.6) is 0 Å². The van der Waals surface area contributed by atoms with Crippen molar-refractivity contribution < 1.29 is 17.6 Å². The van der Waals surface area contributed by atoms with Crippen molar-refractivity contribution >= 4 is 15.8 Å². The van der Waals surface area contributed by atoms with Gasteiger partial charge in [-0.1, -0.05) is 0 Å². The Morgan fingerprint density at radius 1 is 1.13 bits per heavy atom. The molecular weight excluding hydrogens is 509 g/mol. The molecule has 1 aromatic carbocycles. The molecule has 0 spiro atoms. The summed E-state index contributed by atoms with van der Waals surface area (Å²) in [5.74, 6) is -0.652. The van der Waals surface area contributed by atoms with Crippen LogP contribution in [-0.2, 0) is 29.9 Å². The van der Waals surface area contributed by atoms with Crippen molar-refractivity contribution in [1.82, 2.24) is 34.1 Å². The van der Waals surface area contributed by atoms with Crippen LogP contribution in [0.4, 0.5) is 4.39 Å². The molecule has 6 rings (SSSR count). The Morgan fingerprint density at radius 3 is 2.63 bits per heavy atom. The number of Topliss-reactive ketones (excluding diaryl/α,β-unsaturated/α-hetero) is 1. The minimum Gasteiger partial charge on any atom is -0.292 e. The second kappa shape index (κ2) is 8.91. The number of benzene rings is 1. The zero-order valence-electron chi connectivity index (χ0n) is 21.0. The molecule has 1 aliphatic heterocycles. The molecule has 3 aromatic heterocycles. The second-order valence-electron chi connectivity index (χ2n) is 10.1. The van der Waals surface area contributed by atoms with Gasteiger partial charge in [0.1, 0.15) is 11.5 Å². The van der Waals surface area contributed by atoms with Crippen LogP contribution in [0.3, 0.4) is 0 Å². The van der Waals surface area contributed by atoms with Gasteiger partial charge >= 0.3 is 0 Å². The normalized spacial score (nSPS) is 21.6. The lowest BCUT2D eigenvalue weighted by Gasteiger charge is -2.48. The van der Waals surface area contributed by atoms with Gasteiger partial charge in [0.15, 0.2) is 5.78 Å². The third-order valence-electron chi connectivity index (χ3n) is 7.72. The fourth-order valence-electron chi connectivity index (χ4n) is 5.78. The number of fused-ring (bicyclic) bond motifs is 2. The van der Waals surface area contributed by atoms with Crippen LogP contribution in [-0.4, -0.2) is 61.4 Å². The molecule has 38 heavy (non-hydrogen) atoms. The molecule has 196 valence electrons. The molecule has 1 unspecified atom stereocenters. The summed E-state index contributed by atoms with van der Waals surface area (Å²) < 4.78 is 43.7. The predicted molar refractivity (Wildman–Crippen MR) is 135 cm³/mol. The number of aryl methyl sites for hydroxylation is 2. The highest BCUT2D eigenvalue weighted by molar-refractivity contribution is 7.89. The molecule has 0 bridgehead atoms. The van der Waals surface area contributed by atoms with Gasteiger partial charge < -0.3 is 0 Å². The number of carbonyl (C=O) groups excluding carboxylic acids is 1. The summed E-state index contributed by atoms with van der Waals surface area (Å²) in [6.07, 6.45) is 5.88. The summed E-state index contributed by atoms with van der Waals surface area (Å²) in [4.78, 5) is 19.8. The Bertz CT molecular complexity index is 1650. The average Bonchev–Trinajstić information content (AvgIpc) is 3.53. The second-order valence-corrected chi connectivity index (χ2v) is 12.0. The number of halogens is 1. The third-order valence-corrected chi connectivity index (χ3v) is 9.43. The number of carbonyl (C=O) groups is 1. The lowest BCUT2D eigenvalue weighted by Crippen LogP contribution is -2.57. The fraction of sp³-hybridized carbons (Fsp3) is 0.346. The van der Waals surface area contributed by atoms with Crippen molar-refractivity contribution in [2.75, 3.05) is 13.1 Å². The van der Waals surface area contributed by atoms with Crippen molar-refractivity contribution in [1.29, 1.82) is 0 Å². The Morgan fingerprint density at radius 2 is 1.92 bits per heavy atom. The number of ketones is 1. The van der Waals surface area contributed by atoms with E-state index >= 15 is 0 Å². The molecule has 4 heterocycles. The molecule has 1 aliphatic carbocycles. The minimum absolute atomic E-state index is 0.00615. The highest BCUT2D eigenvalue weighted by atomic mass is 32.2. The van der Waals surface area contributed by atoms with Gasteiger partial charge in [-0.25, -0.2) is 17.5 Å². The summed E-state index contributed by atoms with van der Waals surface area (Å²) in [5, 5.41) is 12.4. The molecule has 2 atom stereocenters. The maximum atomic E-state index is 14.3. The number of hydrogen-bond donors (Lipinski definition) is 0. The van der Waals surface area contributed by atoms with E-state index in [1.165, 1.54) is 27.4 Å². The van der Waals surface area contributed by atoms with Crippen LogP contribution in [0.25, 0.3) is 5.69 Å². The molecule has 0 saturated carbocycles. The topological polar surface area (TPSA) is 116 Å². The number of pyridine rings is 1. The van der Waals surface area contributed by atoms with Crippen LogP contribution < -0.4 is 0 Å². The number of hydrogen-bond acceptors (Lipinski definition) is 7. The Labute approximate surface area is 219 Å². The maximum absolute atomic E-state index is 14.3. The summed E-state index contributed by atoms with van der Waals surface area (Å²) in [6.45, 7) is 2.15. The largest absolute Gasteiger partial charge is 0.292 e. The van der Waals surface area contributed by atoms with E-state index in [9.17, 15) is 17.6 Å². The molecule has 4 aromatic rings. The monoisotopic (exact) mass is 535 g/mol. The smallest absolute Gasteiger partial charge is 0.264 e. The lowest BCUT2D eigenvalue weighted by molar-refractivity contribution is 0.0393. The van der Waals surface area contributed by atoms with E-state index in [1.54, 1.807) is 42.3 Å². The summed E-state index contributed by atoms with van der Waals surface area (Å²) in [5.41, 5.74) is 2.74. The standard InChI is InChI=1S/C26H26FN7O3S/c1-17-7-9-28-22(11-17)25(35)26-13-18-14-30-34(21-5-3-20(27)4-6-21)23(18)12-19(26)8-10-33(16-26)38(36,37)24-15-29-32(2)31-24/h3-7,9,11,14-15,19H,8,10,12-13,16H2,1-2H3/t19?,26-/m0/s1. The maximum Gasteiger partial charge on any atom is 0.264 e. The average molecular weight is 536 g/mol. The van der Waals surface area contributed by atoms with E-state index in [1.807, 2.05) is 13.0 Å². The van der Waals surface area contributed by atoms with Gasteiger partial charge in [0, 0.05) is 32.0 Å². The Hall–Kier alpha value is -3.77. The van der Waals surface area contributed by atoms with Crippen LogP contribution in [0.1, 0.15) is 33.7 Å². The van der Waals surface area contributed by atoms with Gasteiger partial charge in [-0.05, 0) is 79.6 Å². The Kier molecular flexibility index (Phi) is 5.76. The number of nitrogens with zero attached hydrogens (tertiary/aromatic N) is 7. The van der Waals surface area contributed by atoms with E-state index in [4.69, 9.17) is 0 Å². The van der Waals surface area contributed by atoms with E-state index in [2.05, 4.69) is 20.3 Å². The summed E-state index contributed by atoms with van der Waals surface area (Å²) in [6, 6.07) is 9.69. The first-order chi connectivity index (χ1) is 18.2. The van der Waals surface area contributed by atoms with Crippen molar-refractivity contribution in [3.8, 4) is 5.69 Å². The van der Waals surface area contributed by atoms with Crippen LogP contribution >= 0.6 is 0 Å². The first-order valence-electron chi connectivity index (χ1n) is 12.3. The molecule has 10 nitrogen and oxygen atoms in total. The van der Waals surface area contributed by atoms with Crippen LogP contribution in [0, 0.1) is 24.1 Å². The van der Waals surface area contributed by atoms with Crippen LogP contribution in [0.15, 0.2) is 60.0 Å². The quantitative estimate of drug-likeness (QED) is 0.361. The van der Waals surface area contributed by atoms with Gasteiger partial charge in [0.25, 0.3) is 10.0 Å². The van der Waals surface area contributed by atoms with E-state index in [-0.39, 0.29) is 35.6 Å². The number of sulfonamides is 1. The SMILES string of the molecule is Cc1ccnc(C(=O)[C@]23Cc4cnn(-c5ccc(F)cc5)c4CC2CCN(S(=O)(=O)c2cnn(C)n2)C3)c1. The van der Waals surface area contributed by atoms with Crippen molar-refractivity contribution in [2.45, 2.75) is 31.2 Å². The van der Waals surface area contributed by atoms with E-state index < -0.39 is 15.4 Å².